The molecule has 3 rings (SSSR count). The highest BCUT2D eigenvalue weighted by Gasteiger charge is 2.38. The molecule has 1 amide bonds. The van der Waals surface area contributed by atoms with Crippen molar-refractivity contribution in [2.24, 2.45) is 0 Å². The topological polar surface area (TPSA) is 136 Å². The van der Waals surface area contributed by atoms with E-state index in [2.05, 4.69) is 30.1 Å². The second-order valence-corrected chi connectivity index (χ2v) is 4.60. The molecule has 2 N–H and O–H groups in total. The van der Waals surface area contributed by atoms with Gasteiger partial charge in [-0.05, 0) is 12.1 Å². The van der Waals surface area contributed by atoms with Crippen LogP contribution in [0.15, 0.2) is 29.2 Å². The van der Waals surface area contributed by atoms with Crippen molar-refractivity contribution in [2.75, 3.05) is 6.54 Å². The van der Waals surface area contributed by atoms with Crippen LogP contribution in [-0.2, 0) is 17.4 Å². The summed E-state index contributed by atoms with van der Waals surface area (Å²) in [7, 11) is 0. The lowest BCUT2D eigenvalue weighted by molar-refractivity contribution is -0.159. The van der Waals surface area contributed by atoms with Gasteiger partial charge in [-0.3, -0.25) is 9.59 Å². The Morgan fingerprint density at radius 2 is 2.15 bits per heavy atom. The van der Waals surface area contributed by atoms with Crippen LogP contribution in [0.25, 0.3) is 5.65 Å². The average molecular weight is 372 g/mol. The molecule has 0 atom stereocenters. The van der Waals surface area contributed by atoms with Gasteiger partial charge in [0.25, 0.3) is 12.4 Å². The summed E-state index contributed by atoms with van der Waals surface area (Å²) in [6.45, 7) is -0.187. The van der Waals surface area contributed by atoms with Crippen LogP contribution < -0.4 is 5.32 Å². The minimum absolute atomic E-state index is 0.0124. The van der Waals surface area contributed by atoms with E-state index < -0.39 is 18.0 Å². The Bertz CT molecular complexity index is 891. The molecule has 3 heterocycles. The molecule has 0 spiro atoms. The number of carboxylic acid groups (broad SMARTS) is 1. The second kappa shape index (κ2) is 8.04. The minimum Gasteiger partial charge on any atom is -0.483 e. The molecule has 3 aromatic heterocycles. The first kappa shape index (κ1) is 18.8. The van der Waals surface area contributed by atoms with Gasteiger partial charge in [-0.15, -0.1) is 0 Å². The van der Waals surface area contributed by atoms with Crippen molar-refractivity contribution >= 4 is 18.0 Å². The summed E-state index contributed by atoms with van der Waals surface area (Å²) in [6.07, 6.45) is -1.74. The van der Waals surface area contributed by atoms with Crippen LogP contribution in [0.3, 0.4) is 0 Å². The summed E-state index contributed by atoms with van der Waals surface area (Å²) >= 11 is 0. The number of fused-ring (bicyclic) bond motifs is 1. The van der Waals surface area contributed by atoms with Gasteiger partial charge in [0.1, 0.15) is 6.33 Å². The van der Waals surface area contributed by atoms with E-state index >= 15 is 0 Å². The van der Waals surface area contributed by atoms with Crippen molar-refractivity contribution in [2.45, 2.75) is 12.6 Å². The molecule has 0 radical (unpaired) electrons. The second-order valence-electron chi connectivity index (χ2n) is 4.60. The normalized spacial score (nSPS) is 10.9. The van der Waals surface area contributed by atoms with Gasteiger partial charge in [0, 0.05) is 24.7 Å². The predicted octanol–water partition coefficient (Wildman–Crippen LogP) is 0.804. The molecule has 0 aliphatic rings. The fraction of sp³-hybridized carbons (Fsp3) is 0.231. The largest absolute Gasteiger partial charge is 0.483 e. The maximum atomic E-state index is 12.3. The van der Waals surface area contributed by atoms with E-state index in [0.29, 0.717) is 11.2 Å². The lowest BCUT2D eigenvalue weighted by Gasteiger charge is -2.03. The van der Waals surface area contributed by atoms with Crippen LogP contribution in [0.2, 0.25) is 0 Å². The molecule has 0 aliphatic carbocycles. The Morgan fingerprint density at radius 1 is 1.42 bits per heavy atom. The number of rotatable bonds is 4. The van der Waals surface area contributed by atoms with Crippen LogP contribution in [-0.4, -0.2) is 48.8 Å². The molecule has 3 aromatic rings. The molecule has 0 saturated heterocycles. The summed E-state index contributed by atoms with van der Waals surface area (Å²) in [5.41, 5.74) is 0.861. The monoisotopic (exact) mass is 372 g/mol. The van der Waals surface area contributed by atoms with Crippen LogP contribution in [0.4, 0.5) is 13.2 Å². The van der Waals surface area contributed by atoms with E-state index in [0.717, 1.165) is 0 Å². The van der Waals surface area contributed by atoms with E-state index in [9.17, 15) is 18.0 Å². The zero-order valence-electron chi connectivity index (χ0n) is 12.8. The highest BCUT2D eigenvalue weighted by Crippen LogP contribution is 2.27. The maximum absolute atomic E-state index is 12.3. The first-order valence-electron chi connectivity index (χ1n) is 6.90. The first-order chi connectivity index (χ1) is 12.3. The Kier molecular flexibility index (Phi) is 5.82. The van der Waals surface area contributed by atoms with Crippen LogP contribution >= 0.6 is 0 Å². The molecule has 13 heteroatoms. The van der Waals surface area contributed by atoms with Gasteiger partial charge < -0.3 is 14.9 Å². The molecule has 0 aliphatic heterocycles. The number of amides is 1. The van der Waals surface area contributed by atoms with E-state index in [1.807, 2.05) is 0 Å². The summed E-state index contributed by atoms with van der Waals surface area (Å²) in [5, 5.41) is 16.5. The van der Waals surface area contributed by atoms with Gasteiger partial charge in [-0.2, -0.15) is 23.3 Å². The Balaban J connectivity index is 0.000000758. The van der Waals surface area contributed by atoms with Gasteiger partial charge in [-0.1, -0.05) is 5.16 Å². The third kappa shape index (κ3) is 4.75. The molecule has 26 heavy (non-hydrogen) atoms. The van der Waals surface area contributed by atoms with Gasteiger partial charge >= 0.3 is 12.1 Å². The smallest absolute Gasteiger partial charge is 0.471 e. The third-order valence-corrected chi connectivity index (χ3v) is 2.89. The van der Waals surface area contributed by atoms with Crippen molar-refractivity contribution in [1.82, 2.24) is 30.1 Å². The highest BCUT2D eigenvalue weighted by molar-refractivity contribution is 5.94. The van der Waals surface area contributed by atoms with Gasteiger partial charge in [0.2, 0.25) is 0 Å². The summed E-state index contributed by atoms with van der Waals surface area (Å²) < 4.78 is 42.5. The van der Waals surface area contributed by atoms with E-state index in [1.165, 1.54) is 10.8 Å². The van der Waals surface area contributed by atoms with E-state index in [4.69, 9.17) is 9.90 Å². The van der Waals surface area contributed by atoms with Crippen LogP contribution in [0.1, 0.15) is 22.1 Å². The van der Waals surface area contributed by atoms with E-state index in [1.54, 1.807) is 18.3 Å². The maximum Gasteiger partial charge on any atom is 0.471 e. The number of alkyl halides is 3. The number of pyridine rings is 1. The molecule has 10 nitrogen and oxygen atoms in total. The van der Waals surface area contributed by atoms with Gasteiger partial charge in [0.15, 0.2) is 11.5 Å². The SMILES string of the molecule is O=C(NCCc1noc(C(F)(F)F)n1)c1ccn2ncnc2c1.O=CO. The number of carbonyl (C=O) groups excluding carboxylic acids is 1. The van der Waals surface area contributed by atoms with Crippen LogP contribution in [0, 0.1) is 0 Å². The Labute approximate surface area is 142 Å². The van der Waals surface area contributed by atoms with E-state index in [-0.39, 0.29) is 25.3 Å². The van der Waals surface area contributed by atoms with Crippen molar-refractivity contribution in [3.8, 4) is 0 Å². The first-order valence-corrected chi connectivity index (χ1v) is 6.90. The summed E-state index contributed by atoms with van der Waals surface area (Å²) in [5.74, 6) is -1.93. The molecule has 0 fully saturated rings. The van der Waals surface area contributed by atoms with Crippen molar-refractivity contribution in [1.29, 1.82) is 0 Å². The fourth-order valence-corrected chi connectivity index (χ4v) is 1.82. The lowest BCUT2D eigenvalue weighted by atomic mass is 10.2. The molecule has 0 bridgehead atoms. The zero-order valence-corrected chi connectivity index (χ0v) is 12.8. The third-order valence-electron chi connectivity index (χ3n) is 2.89. The highest BCUT2D eigenvalue weighted by atomic mass is 19.4. The Hall–Kier alpha value is -3.51. The molecular weight excluding hydrogens is 361 g/mol. The molecular formula is C13H11F3N6O4. The number of halogens is 3. The number of nitrogens with one attached hydrogen (secondary N) is 1. The standard InChI is InChI=1S/C12H9F3N6O2.CH2O2/c13-12(14,15)11-19-8(20-23-11)1-3-16-10(22)7-2-4-21-9(5-7)17-6-18-21;2-1-3/h2,4-6H,1,3H2,(H,16,22);1H,(H,2,3). The number of hydrogen-bond acceptors (Lipinski definition) is 7. The number of hydrogen-bond donors (Lipinski definition) is 2. The molecule has 0 unspecified atom stereocenters. The van der Waals surface area contributed by atoms with Crippen molar-refractivity contribution < 1.29 is 32.4 Å². The quantitative estimate of drug-likeness (QED) is 0.642. The fourth-order valence-electron chi connectivity index (χ4n) is 1.82. The zero-order chi connectivity index (χ0) is 19.2. The summed E-state index contributed by atoms with van der Waals surface area (Å²) in [4.78, 5) is 27.5. The Morgan fingerprint density at radius 3 is 2.81 bits per heavy atom. The predicted molar refractivity (Wildman–Crippen MR) is 77.0 cm³/mol. The average Bonchev–Trinajstić information content (AvgIpc) is 3.23. The number of carbonyl (C=O) groups is 2. The van der Waals surface area contributed by atoms with Gasteiger partial charge in [0.05, 0.1) is 0 Å². The summed E-state index contributed by atoms with van der Waals surface area (Å²) in [6, 6.07) is 3.09. The van der Waals surface area contributed by atoms with Gasteiger partial charge in [-0.25, -0.2) is 9.50 Å². The van der Waals surface area contributed by atoms with Crippen LogP contribution in [0.5, 0.6) is 0 Å². The van der Waals surface area contributed by atoms with Crippen molar-refractivity contribution in [3.05, 3.63) is 41.9 Å². The minimum atomic E-state index is -4.68. The molecule has 0 saturated carbocycles. The number of aromatic nitrogens is 5. The van der Waals surface area contributed by atoms with Crippen molar-refractivity contribution in [3.63, 3.8) is 0 Å². The number of nitrogens with zero attached hydrogens (tertiary/aromatic N) is 5. The lowest BCUT2D eigenvalue weighted by Crippen LogP contribution is -2.26. The molecule has 138 valence electrons. The molecule has 0 aromatic carbocycles.